The Kier molecular flexibility index (Phi) is 5.53. The van der Waals surface area contributed by atoms with E-state index < -0.39 is 6.10 Å². The highest BCUT2D eigenvalue weighted by Gasteiger charge is 2.24. The lowest BCUT2D eigenvalue weighted by molar-refractivity contribution is -0.124. The fourth-order valence-corrected chi connectivity index (χ4v) is 3.62. The predicted octanol–water partition coefficient (Wildman–Crippen LogP) is 3.05. The van der Waals surface area contributed by atoms with Crippen LogP contribution in [0.15, 0.2) is 42.6 Å². The molecule has 146 valence electrons. The fraction of sp³-hybridized carbons (Fsp3) is 0.381. The van der Waals surface area contributed by atoms with Crippen LogP contribution in [0.3, 0.4) is 0 Å². The van der Waals surface area contributed by atoms with E-state index in [1.165, 1.54) is 0 Å². The Morgan fingerprint density at radius 1 is 1.07 bits per heavy atom. The highest BCUT2D eigenvalue weighted by atomic mass is 16.5. The molecule has 28 heavy (non-hydrogen) atoms. The van der Waals surface area contributed by atoms with Gasteiger partial charge in [-0.25, -0.2) is 4.98 Å². The molecule has 7 heteroatoms. The molecular formula is C21H24N4O3. The van der Waals surface area contributed by atoms with Gasteiger partial charge >= 0.3 is 0 Å². The van der Waals surface area contributed by atoms with Crippen LogP contribution >= 0.6 is 0 Å². The number of hydrogen-bond acceptors (Lipinski definition) is 5. The van der Waals surface area contributed by atoms with E-state index in [0.29, 0.717) is 23.5 Å². The van der Waals surface area contributed by atoms with Crippen LogP contribution in [0.25, 0.3) is 0 Å². The van der Waals surface area contributed by atoms with E-state index in [2.05, 4.69) is 20.5 Å². The minimum Gasteiger partial charge on any atom is -0.368 e. The molecule has 1 unspecified atom stereocenters. The van der Waals surface area contributed by atoms with Gasteiger partial charge in [-0.15, -0.1) is 0 Å². The second kappa shape index (κ2) is 8.39. The minimum atomic E-state index is -0.407. The molecule has 1 aromatic carbocycles. The van der Waals surface area contributed by atoms with Crippen LogP contribution in [0, 0.1) is 0 Å². The van der Waals surface area contributed by atoms with Gasteiger partial charge in [-0.2, -0.15) is 0 Å². The molecule has 0 aliphatic carbocycles. The second-order valence-electron chi connectivity index (χ2n) is 7.09. The second-order valence-corrected chi connectivity index (χ2v) is 7.09. The third kappa shape index (κ3) is 4.14. The first-order chi connectivity index (χ1) is 13.7. The Bertz CT molecular complexity index is 858. The third-order valence-corrected chi connectivity index (χ3v) is 5.05. The summed E-state index contributed by atoms with van der Waals surface area (Å²) in [5.74, 6) is 0.400. The Balaban J connectivity index is 1.46. The zero-order valence-corrected chi connectivity index (χ0v) is 15.7. The molecule has 2 saturated heterocycles. The summed E-state index contributed by atoms with van der Waals surface area (Å²) in [5, 5.41) is 5.79. The van der Waals surface area contributed by atoms with E-state index in [1.807, 2.05) is 12.1 Å². The number of pyridine rings is 1. The molecule has 2 aliphatic rings. The quantitative estimate of drug-likeness (QED) is 0.833. The topological polar surface area (TPSA) is 83.6 Å². The van der Waals surface area contributed by atoms with Crippen molar-refractivity contribution in [1.82, 2.24) is 4.98 Å². The number of amides is 2. The molecule has 0 spiro atoms. The summed E-state index contributed by atoms with van der Waals surface area (Å²) in [6.07, 6.45) is 5.23. The fourth-order valence-electron chi connectivity index (χ4n) is 3.62. The lowest BCUT2D eigenvalue weighted by atomic mass is 10.1. The van der Waals surface area contributed by atoms with Crippen LogP contribution in [-0.4, -0.2) is 42.6 Å². The van der Waals surface area contributed by atoms with E-state index in [4.69, 9.17) is 4.74 Å². The molecule has 4 rings (SSSR count). The molecule has 2 aliphatic heterocycles. The lowest BCUT2D eigenvalue weighted by Gasteiger charge is -2.20. The van der Waals surface area contributed by atoms with Gasteiger partial charge in [0.05, 0.1) is 5.69 Å². The number of carbonyl (C=O) groups excluding carboxylic acids is 2. The van der Waals surface area contributed by atoms with Crippen LogP contribution in [0.2, 0.25) is 0 Å². The van der Waals surface area contributed by atoms with E-state index in [-0.39, 0.29) is 11.8 Å². The van der Waals surface area contributed by atoms with Gasteiger partial charge in [-0.1, -0.05) is 6.07 Å². The van der Waals surface area contributed by atoms with Crippen molar-refractivity contribution >= 4 is 29.0 Å². The van der Waals surface area contributed by atoms with Gasteiger partial charge in [-0.05, 0) is 56.0 Å². The van der Waals surface area contributed by atoms with Crippen LogP contribution in [0.5, 0.6) is 0 Å². The number of ether oxygens (including phenoxy) is 1. The maximum absolute atomic E-state index is 12.8. The van der Waals surface area contributed by atoms with Crippen LogP contribution in [0.4, 0.5) is 17.2 Å². The van der Waals surface area contributed by atoms with Crippen molar-refractivity contribution in [3.05, 3.63) is 48.2 Å². The zero-order chi connectivity index (χ0) is 19.3. The molecule has 1 atom stereocenters. The van der Waals surface area contributed by atoms with Crippen molar-refractivity contribution < 1.29 is 14.3 Å². The SMILES string of the molecule is O=C(Nc1cccnc1N1CCCC1)c1cccc(NC(=O)C2CCCO2)c1. The van der Waals surface area contributed by atoms with Gasteiger partial charge in [-0.3, -0.25) is 9.59 Å². The molecule has 3 heterocycles. The molecule has 7 nitrogen and oxygen atoms in total. The lowest BCUT2D eigenvalue weighted by Crippen LogP contribution is -2.27. The van der Waals surface area contributed by atoms with Gasteiger partial charge in [0.15, 0.2) is 5.82 Å². The monoisotopic (exact) mass is 380 g/mol. The first-order valence-corrected chi connectivity index (χ1v) is 9.74. The van der Waals surface area contributed by atoms with Crippen LogP contribution < -0.4 is 15.5 Å². The van der Waals surface area contributed by atoms with Crippen LogP contribution in [0.1, 0.15) is 36.0 Å². The number of hydrogen-bond donors (Lipinski definition) is 2. The molecular weight excluding hydrogens is 356 g/mol. The van der Waals surface area contributed by atoms with E-state index >= 15 is 0 Å². The Labute approximate surface area is 164 Å². The van der Waals surface area contributed by atoms with Crippen LogP contribution in [-0.2, 0) is 9.53 Å². The summed E-state index contributed by atoms with van der Waals surface area (Å²) in [4.78, 5) is 31.6. The van der Waals surface area contributed by atoms with Crippen molar-refractivity contribution in [3.63, 3.8) is 0 Å². The standard InChI is InChI=1S/C21H24N4O3/c26-20(24-17-8-4-10-22-19(17)25-11-1-2-12-25)15-6-3-7-16(14-15)23-21(27)18-9-5-13-28-18/h3-4,6-8,10,14,18H,1-2,5,9,11-13H2,(H,23,27)(H,24,26). The molecule has 0 saturated carbocycles. The highest BCUT2D eigenvalue weighted by Crippen LogP contribution is 2.26. The van der Waals surface area contributed by atoms with E-state index in [9.17, 15) is 9.59 Å². The molecule has 0 radical (unpaired) electrons. The maximum Gasteiger partial charge on any atom is 0.255 e. The highest BCUT2D eigenvalue weighted by molar-refractivity contribution is 6.06. The number of carbonyl (C=O) groups is 2. The number of benzene rings is 1. The summed E-state index contributed by atoms with van der Waals surface area (Å²) < 4.78 is 5.40. The molecule has 2 aromatic rings. The van der Waals surface area contributed by atoms with Gasteiger partial charge in [0.2, 0.25) is 0 Å². The average Bonchev–Trinajstić information content (AvgIpc) is 3.43. The largest absolute Gasteiger partial charge is 0.368 e. The van der Waals surface area contributed by atoms with Crippen molar-refractivity contribution in [2.45, 2.75) is 31.8 Å². The van der Waals surface area contributed by atoms with Gasteiger partial charge in [0.25, 0.3) is 11.8 Å². The summed E-state index contributed by atoms with van der Waals surface area (Å²) in [6.45, 7) is 2.51. The number of aromatic nitrogens is 1. The summed E-state index contributed by atoms with van der Waals surface area (Å²) in [5.41, 5.74) is 1.75. The summed E-state index contributed by atoms with van der Waals surface area (Å²) in [7, 11) is 0. The van der Waals surface area contributed by atoms with E-state index in [1.54, 1.807) is 30.5 Å². The van der Waals surface area contributed by atoms with Crippen molar-refractivity contribution in [2.24, 2.45) is 0 Å². The zero-order valence-electron chi connectivity index (χ0n) is 15.7. The van der Waals surface area contributed by atoms with Gasteiger partial charge in [0.1, 0.15) is 6.10 Å². The Morgan fingerprint density at radius 2 is 1.93 bits per heavy atom. The average molecular weight is 380 g/mol. The van der Waals surface area contributed by atoms with Gasteiger partial charge < -0.3 is 20.3 Å². The van der Waals surface area contributed by atoms with Crippen molar-refractivity contribution in [2.75, 3.05) is 35.2 Å². The van der Waals surface area contributed by atoms with Crippen molar-refractivity contribution in [1.29, 1.82) is 0 Å². The first kappa shape index (κ1) is 18.4. The number of anilines is 3. The van der Waals surface area contributed by atoms with Crippen molar-refractivity contribution in [3.8, 4) is 0 Å². The number of nitrogens with one attached hydrogen (secondary N) is 2. The Hall–Kier alpha value is -2.93. The van der Waals surface area contributed by atoms with E-state index in [0.717, 1.165) is 44.6 Å². The summed E-state index contributed by atoms with van der Waals surface area (Å²) >= 11 is 0. The Morgan fingerprint density at radius 3 is 2.71 bits per heavy atom. The third-order valence-electron chi connectivity index (χ3n) is 5.05. The smallest absolute Gasteiger partial charge is 0.255 e. The molecule has 2 amide bonds. The predicted molar refractivity (Wildman–Crippen MR) is 108 cm³/mol. The van der Waals surface area contributed by atoms with Gasteiger partial charge in [0, 0.05) is 37.1 Å². The maximum atomic E-state index is 12.8. The molecule has 2 N–H and O–H groups in total. The molecule has 2 fully saturated rings. The first-order valence-electron chi connectivity index (χ1n) is 9.74. The number of rotatable bonds is 5. The molecule has 1 aromatic heterocycles. The normalized spacial score (nSPS) is 18.9. The number of nitrogens with zero attached hydrogens (tertiary/aromatic N) is 2. The summed E-state index contributed by atoms with van der Waals surface area (Å²) in [6, 6.07) is 10.6. The minimum absolute atomic E-state index is 0.168. The molecule has 0 bridgehead atoms.